The summed E-state index contributed by atoms with van der Waals surface area (Å²) in [6.07, 6.45) is 4.97. The van der Waals surface area contributed by atoms with Crippen molar-refractivity contribution < 1.29 is 14.4 Å². The van der Waals surface area contributed by atoms with Gasteiger partial charge in [-0.2, -0.15) is 5.06 Å². The maximum atomic E-state index is 12.7. The maximum absolute atomic E-state index is 12.7. The molecule has 7 nitrogen and oxygen atoms in total. The van der Waals surface area contributed by atoms with Crippen molar-refractivity contribution in [3.63, 3.8) is 0 Å². The number of hydroxylamine groups is 2. The van der Waals surface area contributed by atoms with Crippen LogP contribution >= 0.6 is 0 Å². The zero-order valence-corrected chi connectivity index (χ0v) is 14.7. The molecule has 0 aliphatic heterocycles. The van der Waals surface area contributed by atoms with Crippen molar-refractivity contribution >= 4 is 17.7 Å². The smallest absolute Gasteiger partial charge is 0.363 e. The van der Waals surface area contributed by atoms with Crippen molar-refractivity contribution in [3.8, 4) is 0 Å². The van der Waals surface area contributed by atoms with Gasteiger partial charge in [-0.25, -0.2) is 9.78 Å². The minimum atomic E-state index is -0.610. The van der Waals surface area contributed by atoms with E-state index in [-0.39, 0.29) is 0 Å². The molecule has 136 valence electrons. The van der Waals surface area contributed by atoms with Crippen molar-refractivity contribution in [1.82, 2.24) is 15.0 Å². The van der Waals surface area contributed by atoms with Crippen molar-refractivity contribution in [2.45, 2.75) is 6.54 Å². The molecule has 1 amide bonds. The van der Waals surface area contributed by atoms with Gasteiger partial charge in [0.1, 0.15) is 5.82 Å². The van der Waals surface area contributed by atoms with Gasteiger partial charge >= 0.3 is 5.97 Å². The van der Waals surface area contributed by atoms with Crippen LogP contribution in [0.1, 0.15) is 26.3 Å². The number of anilines is 1. The lowest BCUT2D eigenvalue weighted by molar-refractivity contribution is -0.0658. The summed E-state index contributed by atoms with van der Waals surface area (Å²) in [7, 11) is 1.39. The Hall–Kier alpha value is -3.74. The highest BCUT2D eigenvalue weighted by molar-refractivity contribution is 5.99. The number of nitrogens with one attached hydrogen (secondary N) is 1. The third-order valence-corrected chi connectivity index (χ3v) is 3.76. The number of aromatic nitrogens is 2. The number of amides is 1. The van der Waals surface area contributed by atoms with Crippen LogP contribution in [-0.4, -0.2) is 34.0 Å². The molecule has 0 spiro atoms. The summed E-state index contributed by atoms with van der Waals surface area (Å²) >= 11 is 0. The minimum absolute atomic E-state index is 0.301. The molecule has 1 N–H and O–H groups in total. The van der Waals surface area contributed by atoms with Gasteiger partial charge in [0.25, 0.3) is 5.91 Å². The van der Waals surface area contributed by atoms with Gasteiger partial charge in [-0.15, -0.1) is 0 Å². The first-order valence-corrected chi connectivity index (χ1v) is 8.28. The van der Waals surface area contributed by atoms with Crippen LogP contribution in [-0.2, 0) is 11.4 Å². The molecular formula is C20H18N4O3. The van der Waals surface area contributed by atoms with Crippen LogP contribution < -0.4 is 5.32 Å². The molecule has 3 rings (SSSR count). The molecule has 0 atom stereocenters. The van der Waals surface area contributed by atoms with Crippen LogP contribution in [0.4, 0.5) is 5.82 Å². The normalized spacial score (nSPS) is 10.1. The average Bonchev–Trinajstić information content (AvgIpc) is 2.73. The molecule has 1 aromatic carbocycles. The summed E-state index contributed by atoms with van der Waals surface area (Å²) < 4.78 is 0. The summed E-state index contributed by atoms with van der Waals surface area (Å²) in [5.41, 5.74) is 1.66. The molecule has 0 aliphatic carbocycles. The van der Waals surface area contributed by atoms with Gasteiger partial charge in [0.15, 0.2) is 0 Å². The van der Waals surface area contributed by atoms with Crippen LogP contribution in [0.25, 0.3) is 0 Å². The van der Waals surface area contributed by atoms with Gasteiger partial charge in [-0.05, 0) is 42.0 Å². The Morgan fingerprint density at radius 1 is 1.00 bits per heavy atom. The summed E-state index contributed by atoms with van der Waals surface area (Å²) in [5.74, 6) is -0.687. The van der Waals surface area contributed by atoms with Crippen LogP contribution in [0.3, 0.4) is 0 Å². The fourth-order valence-corrected chi connectivity index (χ4v) is 2.37. The van der Waals surface area contributed by atoms with E-state index in [9.17, 15) is 9.59 Å². The fourth-order valence-electron chi connectivity index (χ4n) is 2.37. The Morgan fingerprint density at radius 2 is 1.74 bits per heavy atom. The van der Waals surface area contributed by atoms with Gasteiger partial charge in [-0.1, -0.05) is 18.2 Å². The van der Waals surface area contributed by atoms with Gasteiger partial charge < -0.3 is 10.2 Å². The van der Waals surface area contributed by atoms with E-state index in [1.54, 1.807) is 61.1 Å². The molecule has 2 heterocycles. The number of carbonyl (C=O) groups excluding carboxylic acids is 2. The molecule has 3 aromatic rings. The zero-order chi connectivity index (χ0) is 19.1. The van der Waals surface area contributed by atoms with Gasteiger partial charge in [0, 0.05) is 32.2 Å². The number of nitrogens with zero attached hydrogens (tertiary/aromatic N) is 3. The first-order valence-electron chi connectivity index (χ1n) is 8.28. The second-order valence-electron chi connectivity index (χ2n) is 5.66. The molecule has 2 aromatic heterocycles. The van der Waals surface area contributed by atoms with E-state index in [1.165, 1.54) is 7.05 Å². The maximum Gasteiger partial charge on any atom is 0.363 e. The van der Waals surface area contributed by atoms with Crippen LogP contribution in [0.5, 0.6) is 0 Å². The van der Waals surface area contributed by atoms with Crippen LogP contribution in [0.2, 0.25) is 0 Å². The molecule has 0 unspecified atom stereocenters. The minimum Gasteiger partial charge on any atom is -0.365 e. The Labute approximate surface area is 156 Å². The quantitative estimate of drug-likeness (QED) is 0.703. The van der Waals surface area contributed by atoms with Gasteiger partial charge in [0.05, 0.1) is 11.1 Å². The second kappa shape index (κ2) is 8.57. The molecule has 0 saturated heterocycles. The van der Waals surface area contributed by atoms with E-state index in [0.29, 0.717) is 23.5 Å². The number of hydrogen-bond donors (Lipinski definition) is 1. The topological polar surface area (TPSA) is 84.4 Å². The van der Waals surface area contributed by atoms with Crippen LogP contribution in [0.15, 0.2) is 73.2 Å². The average molecular weight is 362 g/mol. The predicted molar refractivity (Wildman–Crippen MR) is 99.8 cm³/mol. The molecule has 7 heteroatoms. The highest BCUT2D eigenvalue weighted by Gasteiger charge is 2.20. The van der Waals surface area contributed by atoms with Crippen LogP contribution in [0, 0.1) is 0 Å². The highest BCUT2D eigenvalue weighted by atomic mass is 16.7. The van der Waals surface area contributed by atoms with Gasteiger partial charge in [0.2, 0.25) is 0 Å². The lowest BCUT2D eigenvalue weighted by Crippen LogP contribution is -2.30. The molecule has 0 aliphatic rings. The molecule has 0 fully saturated rings. The molecule has 0 radical (unpaired) electrons. The van der Waals surface area contributed by atoms with Gasteiger partial charge in [-0.3, -0.25) is 9.78 Å². The monoisotopic (exact) mass is 362 g/mol. The highest BCUT2D eigenvalue weighted by Crippen LogP contribution is 2.16. The Morgan fingerprint density at radius 3 is 2.48 bits per heavy atom. The SMILES string of the molecule is CN(OC(=O)c1ccccc1)C(=O)c1cccnc1NCc1ccncc1. The number of hydrogen-bond acceptors (Lipinski definition) is 6. The molecule has 0 saturated carbocycles. The Kier molecular flexibility index (Phi) is 5.73. The number of carbonyl (C=O) groups is 2. The predicted octanol–water partition coefficient (Wildman–Crippen LogP) is 2.93. The third kappa shape index (κ3) is 4.66. The molecule has 0 bridgehead atoms. The van der Waals surface area contributed by atoms with E-state index >= 15 is 0 Å². The summed E-state index contributed by atoms with van der Waals surface area (Å²) in [4.78, 5) is 38.2. The lowest BCUT2D eigenvalue weighted by atomic mass is 10.2. The first kappa shape index (κ1) is 18.1. The second-order valence-corrected chi connectivity index (χ2v) is 5.66. The number of rotatable bonds is 5. The van der Waals surface area contributed by atoms with Crippen molar-refractivity contribution in [3.05, 3.63) is 89.9 Å². The van der Waals surface area contributed by atoms with Crippen molar-refractivity contribution in [1.29, 1.82) is 0 Å². The lowest BCUT2D eigenvalue weighted by Gasteiger charge is -2.18. The van der Waals surface area contributed by atoms with E-state index in [4.69, 9.17) is 4.84 Å². The summed E-state index contributed by atoms with van der Waals surface area (Å²) in [6, 6.07) is 15.5. The number of pyridine rings is 2. The van der Waals surface area contributed by atoms with E-state index in [2.05, 4.69) is 15.3 Å². The Bertz CT molecular complexity index is 917. The standard InChI is InChI=1S/C20H18N4O3/c1-24(27-20(26)16-6-3-2-4-7-16)19(25)17-8-5-11-22-18(17)23-14-15-9-12-21-13-10-15/h2-13H,14H2,1H3,(H,22,23). The van der Waals surface area contributed by atoms with E-state index in [0.717, 1.165) is 10.6 Å². The van der Waals surface area contributed by atoms with Crippen molar-refractivity contribution in [2.75, 3.05) is 12.4 Å². The summed E-state index contributed by atoms with van der Waals surface area (Å²) in [5, 5.41) is 4.03. The molecule has 27 heavy (non-hydrogen) atoms. The Balaban J connectivity index is 1.69. The molecular weight excluding hydrogens is 344 g/mol. The van der Waals surface area contributed by atoms with Crippen molar-refractivity contribution in [2.24, 2.45) is 0 Å². The fraction of sp³-hybridized carbons (Fsp3) is 0.100. The summed E-state index contributed by atoms with van der Waals surface area (Å²) in [6.45, 7) is 0.479. The third-order valence-electron chi connectivity index (χ3n) is 3.76. The zero-order valence-electron chi connectivity index (χ0n) is 14.7. The first-order chi connectivity index (χ1) is 13.1. The number of benzene rings is 1. The van der Waals surface area contributed by atoms with E-state index < -0.39 is 11.9 Å². The van der Waals surface area contributed by atoms with E-state index in [1.807, 2.05) is 12.1 Å². The largest absolute Gasteiger partial charge is 0.365 e.